The molecule has 1 saturated carbocycles. The first kappa shape index (κ1) is 17.9. The predicted molar refractivity (Wildman–Crippen MR) is 88.0 cm³/mol. The summed E-state index contributed by atoms with van der Waals surface area (Å²) in [6.45, 7) is 3.73. The maximum absolute atomic E-state index is 12.3. The van der Waals surface area contributed by atoms with E-state index in [-0.39, 0.29) is 35.0 Å². The van der Waals surface area contributed by atoms with Crippen molar-refractivity contribution in [2.75, 3.05) is 0 Å². The Kier molecular flexibility index (Phi) is 5.54. The highest BCUT2D eigenvalue weighted by Crippen LogP contribution is 2.28. The van der Waals surface area contributed by atoms with E-state index in [9.17, 15) is 19.7 Å². The highest BCUT2D eigenvalue weighted by molar-refractivity contribution is 5.95. The maximum Gasteiger partial charge on any atom is 0.306 e. The third-order valence-electron chi connectivity index (χ3n) is 4.52. The van der Waals surface area contributed by atoms with Crippen LogP contribution in [-0.4, -0.2) is 27.9 Å². The third-order valence-corrected chi connectivity index (χ3v) is 4.52. The molecule has 0 aromatic heterocycles. The summed E-state index contributed by atoms with van der Waals surface area (Å²) < 4.78 is 0. The molecule has 0 unspecified atom stereocenters. The summed E-state index contributed by atoms with van der Waals surface area (Å²) in [4.78, 5) is 34.0. The molecule has 0 radical (unpaired) electrons. The van der Waals surface area contributed by atoms with Crippen molar-refractivity contribution in [2.45, 2.75) is 51.5 Å². The van der Waals surface area contributed by atoms with Crippen LogP contribution in [-0.2, 0) is 4.79 Å². The highest BCUT2D eigenvalue weighted by atomic mass is 16.6. The van der Waals surface area contributed by atoms with Gasteiger partial charge in [-0.3, -0.25) is 19.7 Å². The van der Waals surface area contributed by atoms with Crippen LogP contribution in [0.15, 0.2) is 18.2 Å². The van der Waals surface area contributed by atoms with Gasteiger partial charge in [-0.15, -0.1) is 0 Å². The Labute approximate surface area is 140 Å². The quantitative estimate of drug-likeness (QED) is 0.635. The zero-order valence-corrected chi connectivity index (χ0v) is 13.8. The zero-order valence-electron chi connectivity index (χ0n) is 13.8. The molecule has 7 nitrogen and oxygen atoms in total. The number of nitrogens with zero attached hydrogens (tertiary/aromatic N) is 1. The summed E-state index contributed by atoms with van der Waals surface area (Å²) in [7, 11) is 0. The fourth-order valence-electron chi connectivity index (χ4n) is 3.08. The van der Waals surface area contributed by atoms with E-state index in [1.165, 1.54) is 6.07 Å². The Bertz CT molecular complexity index is 648. The topological polar surface area (TPSA) is 110 Å². The summed E-state index contributed by atoms with van der Waals surface area (Å²) >= 11 is 0. The van der Waals surface area contributed by atoms with Crippen molar-refractivity contribution in [3.8, 4) is 0 Å². The number of nitrogens with one attached hydrogen (secondary N) is 1. The second-order valence-electron chi connectivity index (χ2n) is 6.55. The lowest BCUT2D eigenvalue weighted by Gasteiger charge is -2.26. The Morgan fingerprint density at radius 3 is 2.38 bits per heavy atom. The van der Waals surface area contributed by atoms with Crippen LogP contribution < -0.4 is 5.32 Å². The SMILES string of the molecule is CC(C)c1ccc(C(=O)NC2CCC(C(=O)O)CC2)cc1[N+](=O)[O-]. The molecule has 2 rings (SSSR count). The lowest BCUT2D eigenvalue weighted by atomic mass is 9.86. The van der Waals surface area contributed by atoms with E-state index in [2.05, 4.69) is 5.32 Å². The van der Waals surface area contributed by atoms with Crippen molar-refractivity contribution in [2.24, 2.45) is 5.92 Å². The normalized spacial score (nSPS) is 20.6. The van der Waals surface area contributed by atoms with Crippen molar-refractivity contribution in [3.05, 3.63) is 39.4 Å². The summed E-state index contributed by atoms with van der Waals surface area (Å²) in [6, 6.07) is 4.45. The number of benzene rings is 1. The molecule has 7 heteroatoms. The van der Waals surface area contributed by atoms with Crippen molar-refractivity contribution in [3.63, 3.8) is 0 Å². The van der Waals surface area contributed by atoms with Crippen LogP contribution in [0.1, 0.15) is 61.4 Å². The van der Waals surface area contributed by atoms with Crippen molar-refractivity contribution in [1.82, 2.24) is 5.32 Å². The van der Waals surface area contributed by atoms with E-state index in [0.717, 1.165) is 0 Å². The fraction of sp³-hybridized carbons (Fsp3) is 0.529. The van der Waals surface area contributed by atoms with Gasteiger partial charge in [0.1, 0.15) is 0 Å². The largest absolute Gasteiger partial charge is 0.481 e. The molecule has 1 fully saturated rings. The Morgan fingerprint density at radius 2 is 1.88 bits per heavy atom. The van der Waals surface area contributed by atoms with Gasteiger partial charge in [-0.2, -0.15) is 0 Å². The first-order chi connectivity index (χ1) is 11.3. The van der Waals surface area contributed by atoms with E-state index in [1.54, 1.807) is 12.1 Å². The standard InChI is InChI=1S/C17H22N2O5/c1-10(2)14-8-5-12(9-15(14)19(23)24)16(20)18-13-6-3-11(4-7-13)17(21)22/h5,8-11,13H,3-4,6-7H2,1-2H3,(H,18,20)(H,21,22). The van der Waals surface area contributed by atoms with Gasteiger partial charge in [-0.1, -0.05) is 19.9 Å². The van der Waals surface area contributed by atoms with Crippen LogP contribution >= 0.6 is 0 Å². The van der Waals surface area contributed by atoms with E-state index < -0.39 is 10.9 Å². The summed E-state index contributed by atoms with van der Waals surface area (Å²) in [5, 5.41) is 23.1. The van der Waals surface area contributed by atoms with Crippen LogP contribution in [0.2, 0.25) is 0 Å². The number of amides is 1. The molecular weight excluding hydrogens is 312 g/mol. The van der Waals surface area contributed by atoms with Crippen molar-refractivity contribution >= 4 is 17.6 Å². The van der Waals surface area contributed by atoms with Gasteiger partial charge in [-0.05, 0) is 37.7 Å². The second kappa shape index (κ2) is 7.42. The first-order valence-corrected chi connectivity index (χ1v) is 8.11. The second-order valence-corrected chi connectivity index (χ2v) is 6.55. The molecule has 0 saturated heterocycles. The lowest BCUT2D eigenvalue weighted by Crippen LogP contribution is -2.38. The predicted octanol–water partition coefficient (Wildman–Crippen LogP) is 3.09. The summed E-state index contributed by atoms with van der Waals surface area (Å²) in [5.41, 5.74) is 0.803. The van der Waals surface area contributed by atoms with Crippen LogP contribution in [0.25, 0.3) is 0 Å². The number of aliphatic carboxylic acids is 1. The Morgan fingerprint density at radius 1 is 1.25 bits per heavy atom. The van der Waals surface area contributed by atoms with Gasteiger partial charge in [0.15, 0.2) is 0 Å². The van der Waals surface area contributed by atoms with E-state index >= 15 is 0 Å². The molecule has 0 atom stereocenters. The van der Waals surface area contributed by atoms with Gasteiger partial charge < -0.3 is 10.4 Å². The minimum absolute atomic E-state index is 0.00573. The molecule has 0 spiro atoms. The molecule has 0 heterocycles. The van der Waals surface area contributed by atoms with Gasteiger partial charge in [0, 0.05) is 23.2 Å². The van der Waals surface area contributed by atoms with Crippen LogP contribution in [0.4, 0.5) is 5.69 Å². The molecule has 1 aliphatic carbocycles. The third kappa shape index (κ3) is 4.10. The molecule has 130 valence electrons. The molecule has 1 aromatic carbocycles. The van der Waals surface area contributed by atoms with Crippen LogP contribution in [0.5, 0.6) is 0 Å². The van der Waals surface area contributed by atoms with Crippen LogP contribution in [0.3, 0.4) is 0 Å². The fourth-order valence-corrected chi connectivity index (χ4v) is 3.08. The van der Waals surface area contributed by atoms with Gasteiger partial charge in [-0.25, -0.2) is 0 Å². The number of carbonyl (C=O) groups is 2. The molecule has 0 aliphatic heterocycles. The molecule has 2 N–H and O–H groups in total. The van der Waals surface area contributed by atoms with E-state index in [4.69, 9.17) is 5.11 Å². The van der Waals surface area contributed by atoms with E-state index in [1.807, 2.05) is 13.8 Å². The van der Waals surface area contributed by atoms with Crippen molar-refractivity contribution in [1.29, 1.82) is 0 Å². The minimum atomic E-state index is -0.792. The number of hydrogen-bond acceptors (Lipinski definition) is 4. The smallest absolute Gasteiger partial charge is 0.306 e. The maximum atomic E-state index is 12.3. The number of nitro benzene ring substituents is 1. The first-order valence-electron chi connectivity index (χ1n) is 8.11. The highest BCUT2D eigenvalue weighted by Gasteiger charge is 2.27. The zero-order chi connectivity index (χ0) is 17.9. The number of hydrogen-bond donors (Lipinski definition) is 2. The number of rotatable bonds is 5. The molecule has 24 heavy (non-hydrogen) atoms. The molecule has 1 aliphatic rings. The Balaban J connectivity index is 2.06. The average Bonchev–Trinajstić information content (AvgIpc) is 2.54. The Hall–Kier alpha value is -2.44. The molecule has 1 aromatic rings. The molecule has 1 amide bonds. The summed E-state index contributed by atoms with van der Waals surface area (Å²) in [5.74, 6) is -1.50. The number of carboxylic acids is 1. The lowest BCUT2D eigenvalue weighted by molar-refractivity contribution is -0.385. The summed E-state index contributed by atoms with van der Waals surface area (Å²) in [6.07, 6.45) is 2.28. The molecular formula is C17H22N2O5. The van der Waals surface area contributed by atoms with Gasteiger partial charge >= 0.3 is 5.97 Å². The number of nitro groups is 1. The number of carboxylic acid groups (broad SMARTS) is 1. The van der Waals surface area contributed by atoms with Gasteiger partial charge in [0.05, 0.1) is 10.8 Å². The average molecular weight is 334 g/mol. The van der Waals surface area contributed by atoms with Crippen LogP contribution in [0, 0.1) is 16.0 Å². The monoisotopic (exact) mass is 334 g/mol. The van der Waals surface area contributed by atoms with Crippen molar-refractivity contribution < 1.29 is 19.6 Å². The van der Waals surface area contributed by atoms with Gasteiger partial charge in [0.25, 0.3) is 11.6 Å². The molecule has 0 bridgehead atoms. The van der Waals surface area contributed by atoms with E-state index in [0.29, 0.717) is 31.2 Å². The number of carbonyl (C=O) groups excluding carboxylic acids is 1. The minimum Gasteiger partial charge on any atom is -0.481 e. The van der Waals surface area contributed by atoms with Gasteiger partial charge in [0.2, 0.25) is 0 Å².